The fraction of sp³-hybridized carbons (Fsp3) is 0.350. The first-order valence-electron chi connectivity index (χ1n) is 9.33. The molecule has 0 aromatic heterocycles. The first kappa shape index (κ1) is 22.0. The largest absolute Gasteiger partial charge is 0.497 e. The Balaban J connectivity index is 1.77. The van der Waals surface area contributed by atoms with E-state index in [-0.39, 0.29) is 16.6 Å². The molecule has 1 heterocycles. The minimum absolute atomic E-state index is 0.0534. The molecule has 2 aromatic rings. The molecule has 0 radical (unpaired) electrons. The van der Waals surface area contributed by atoms with Gasteiger partial charge in [0.1, 0.15) is 16.4 Å². The zero-order valence-electron chi connectivity index (χ0n) is 17.1. The standard InChI is InChI=1S/C20H25ClN4O4S/c1-14-4-5-15(21)12-17(14)24-8-10-25(11-9-24)20(22)23-30(26,27)19-13-16(28-2)6-7-18(19)29-3/h4-7,12-13H,8-11H2,1-3H3,(H2,22,23). The second kappa shape index (κ2) is 9.01. The van der Waals surface area contributed by atoms with E-state index in [0.717, 1.165) is 11.3 Å². The summed E-state index contributed by atoms with van der Waals surface area (Å²) < 4.78 is 39.8. The van der Waals surface area contributed by atoms with Crippen molar-refractivity contribution >= 4 is 33.3 Å². The van der Waals surface area contributed by atoms with Crippen LogP contribution in [0, 0.1) is 6.92 Å². The Hall–Kier alpha value is -2.65. The van der Waals surface area contributed by atoms with Crippen LogP contribution in [-0.2, 0) is 10.0 Å². The molecule has 0 atom stereocenters. The van der Waals surface area contributed by atoms with Gasteiger partial charge in [0, 0.05) is 43.0 Å². The number of hydrogen-bond donors (Lipinski definition) is 1. The van der Waals surface area contributed by atoms with Crippen molar-refractivity contribution in [3.05, 3.63) is 47.0 Å². The number of methoxy groups -OCH3 is 2. The minimum atomic E-state index is -4.08. The van der Waals surface area contributed by atoms with Crippen molar-refractivity contribution in [3.63, 3.8) is 0 Å². The van der Waals surface area contributed by atoms with Crippen molar-refractivity contribution in [1.29, 1.82) is 0 Å². The van der Waals surface area contributed by atoms with Crippen molar-refractivity contribution in [2.24, 2.45) is 10.1 Å². The predicted molar refractivity (Wildman–Crippen MR) is 118 cm³/mol. The molecule has 162 valence electrons. The van der Waals surface area contributed by atoms with E-state index >= 15 is 0 Å². The van der Waals surface area contributed by atoms with Gasteiger partial charge in [0.2, 0.25) is 5.96 Å². The van der Waals surface area contributed by atoms with Crippen molar-refractivity contribution in [1.82, 2.24) is 4.90 Å². The number of nitrogens with two attached hydrogens (primary N) is 1. The highest BCUT2D eigenvalue weighted by molar-refractivity contribution is 7.90. The van der Waals surface area contributed by atoms with Gasteiger partial charge in [-0.05, 0) is 36.8 Å². The summed E-state index contributed by atoms with van der Waals surface area (Å²) in [6.07, 6.45) is 0. The summed E-state index contributed by atoms with van der Waals surface area (Å²) in [7, 11) is -1.23. The lowest BCUT2D eigenvalue weighted by molar-refractivity contribution is 0.382. The van der Waals surface area contributed by atoms with E-state index < -0.39 is 10.0 Å². The summed E-state index contributed by atoms with van der Waals surface area (Å²) in [5.74, 6) is 0.504. The molecule has 0 unspecified atom stereocenters. The van der Waals surface area contributed by atoms with Crippen LogP contribution < -0.4 is 20.1 Å². The van der Waals surface area contributed by atoms with Crippen molar-refractivity contribution in [2.75, 3.05) is 45.3 Å². The number of hydrogen-bond acceptors (Lipinski definition) is 5. The number of guanidine groups is 1. The van der Waals surface area contributed by atoms with Crippen molar-refractivity contribution in [2.45, 2.75) is 11.8 Å². The van der Waals surface area contributed by atoms with Gasteiger partial charge in [-0.25, -0.2) is 0 Å². The Morgan fingerprint density at radius 2 is 1.77 bits per heavy atom. The Kier molecular flexibility index (Phi) is 6.62. The van der Waals surface area contributed by atoms with E-state index in [0.29, 0.717) is 37.0 Å². The SMILES string of the molecule is COc1ccc(OC)c(S(=O)(=O)N=C(N)N2CCN(c3cc(Cl)ccc3C)CC2)c1. The molecular weight excluding hydrogens is 428 g/mol. The van der Waals surface area contributed by atoms with E-state index in [2.05, 4.69) is 9.30 Å². The monoisotopic (exact) mass is 452 g/mol. The van der Waals surface area contributed by atoms with Gasteiger partial charge in [0.05, 0.1) is 14.2 Å². The summed E-state index contributed by atoms with van der Waals surface area (Å²) in [6, 6.07) is 10.3. The molecule has 30 heavy (non-hydrogen) atoms. The molecule has 2 N–H and O–H groups in total. The predicted octanol–water partition coefficient (Wildman–Crippen LogP) is 2.49. The van der Waals surface area contributed by atoms with Crippen LogP contribution in [0.2, 0.25) is 5.02 Å². The fourth-order valence-corrected chi connectivity index (χ4v) is 4.61. The molecule has 2 aromatic carbocycles. The highest BCUT2D eigenvalue weighted by Crippen LogP contribution is 2.30. The number of nitrogens with zero attached hydrogens (tertiary/aromatic N) is 3. The van der Waals surface area contributed by atoms with E-state index in [9.17, 15) is 8.42 Å². The first-order valence-corrected chi connectivity index (χ1v) is 11.2. The number of ether oxygens (including phenoxy) is 2. The van der Waals surface area contributed by atoms with Crippen molar-refractivity contribution in [3.8, 4) is 11.5 Å². The molecule has 10 heteroatoms. The number of aryl methyl sites for hydroxylation is 1. The third-order valence-electron chi connectivity index (χ3n) is 4.98. The molecule has 0 amide bonds. The van der Waals surface area contributed by atoms with Crippen LogP contribution in [0.3, 0.4) is 0 Å². The molecular formula is C20H25ClN4O4S. The maximum absolute atomic E-state index is 12.8. The van der Waals surface area contributed by atoms with E-state index in [1.165, 1.54) is 26.4 Å². The molecule has 1 aliphatic rings. The van der Waals surface area contributed by atoms with Crippen LogP contribution in [0.5, 0.6) is 11.5 Å². The number of benzene rings is 2. The first-order chi connectivity index (χ1) is 14.2. The minimum Gasteiger partial charge on any atom is -0.497 e. The highest BCUT2D eigenvalue weighted by Gasteiger charge is 2.24. The van der Waals surface area contributed by atoms with Gasteiger partial charge in [-0.1, -0.05) is 17.7 Å². The van der Waals surface area contributed by atoms with Crippen LogP contribution in [0.4, 0.5) is 5.69 Å². The molecule has 0 spiro atoms. The Labute approximate surface area is 181 Å². The number of anilines is 1. The quantitative estimate of drug-likeness (QED) is 0.549. The lowest BCUT2D eigenvalue weighted by Gasteiger charge is -2.37. The lowest BCUT2D eigenvalue weighted by atomic mass is 10.1. The fourth-order valence-electron chi connectivity index (χ4n) is 3.32. The number of halogens is 1. The summed E-state index contributed by atoms with van der Waals surface area (Å²) in [5.41, 5.74) is 8.25. The van der Waals surface area contributed by atoms with E-state index in [1.807, 2.05) is 25.1 Å². The second-order valence-electron chi connectivity index (χ2n) is 6.85. The maximum atomic E-state index is 12.8. The smallest absolute Gasteiger partial charge is 0.289 e. The van der Waals surface area contributed by atoms with Gasteiger partial charge in [-0.3, -0.25) is 0 Å². The Morgan fingerprint density at radius 1 is 1.07 bits per heavy atom. The zero-order valence-corrected chi connectivity index (χ0v) is 18.7. The second-order valence-corrected chi connectivity index (χ2v) is 8.86. The van der Waals surface area contributed by atoms with E-state index in [1.54, 1.807) is 11.0 Å². The molecule has 8 nitrogen and oxygen atoms in total. The van der Waals surface area contributed by atoms with Crippen LogP contribution in [0.25, 0.3) is 0 Å². The summed E-state index contributed by atoms with van der Waals surface area (Å²) in [4.78, 5) is 3.85. The van der Waals surface area contributed by atoms with Gasteiger partial charge < -0.3 is 25.0 Å². The van der Waals surface area contributed by atoms with Gasteiger partial charge in [0.15, 0.2) is 0 Å². The van der Waals surface area contributed by atoms with Gasteiger partial charge in [0.25, 0.3) is 10.0 Å². The molecule has 0 aliphatic carbocycles. The molecule has 1 fully saturated rings. The number of sulfonamides is 1. The number of piperazine rings is 1. The lowest BCUT2D eigenvalue weighted by Crippen LogP contribution is -2.51. The molecule has 1 aliphatic heterocycles. The molecule has 1 saturated heterocycles. The number of rotatable bonds is 5. The van der Waals surface area contributed by atoms with Gasteiger partial charge >= 0.3 is 0 Å². The third kappa shape index (κ3) is 4.73. The third-order valence-corrected chi connectivity index (χ3v) is 6.52. The van der Waals surface area contributed by atoms with Crippen LogP contribution in [0.1, 0.15) is 5.56 Å². The topological polar surface area (TPSA) is 97.5 Å². The zero-order chi connectivity index (χ0) is 21.9. The molecule has 0 saturated carbocycles. The normalized spacial score (nSPS) is 15.3. The molecule has 3 rings (SSSR count). The Morgan fingerprint density at radius 3 is 2.40 bits per heavy atom. The summed E-state index contributed by atoms with van der Waals surface area (Å²) in [6.45, 7) is 4.43. The van der Waals surface area contributed by atoms with E-state index in [4.69, 9.17) is 26.8 Å². The van der Waals surface area contributed by atoms with Crippen LogP contribution in [-0.4, -0.2) is 59.7 Å². The average molecular weight is 453 g/mol. The van der Waals surface area contributed by atoms with Crippen LogP contribution in [0.15, 0.2) is 45.7 Å². The highest BCUT2D eigenvalue weighted by atomic mass is 35.5. The Bertz CT molecular complexity index is 1050. The maximum Gasteiger partial charge on any atom is 0.289 e. The van der Waals surface area contributed by atoms with Crippen molar-refractivity contribution < 1.29 is 17.9 Å². The summed E-state index contributed by atoms with van der Waals surface area (Å²) in [5, 5.41) is 0.678. The van der Waals surface area contributed by atoms with Crippen LogP contribution >= 0.6 is 11.6 Å². The molecule has 0 bridgehead atoms. The van der Waals surface area contributed by atoms with Gasteiger partial charge in [-0.15, -0.1) is 4.40 Å². The summed E-state index contributed by atoms with van der Waals surface area (Å²) >= 11 is 6.13. The average Bonchev–Trinajstić information content (AvgIpc) is 2.74. The van der Waals surface area contributed by atoms with Gasteiger partial charge in [-0.2, -0.15) is 8.42 Å².